The Morgan fingerprint density at radius 2 is 2.00 bits per heavy atom. The van der Waals surface area contributed by atoms with E-state index in [0.29, 0.717) is 13.0 Å². The largest absolute Gasteiger partial charge is 0.496 e. The summed E-state index contributed by atoms with van der Waals surface area (Å²) in [5.74, 6) is 1.08. The first-order chi connectivity index (χ1) is 14.1. The van der Waals surface area contributed by atoms with E-state index in [1.165, 1.54) is 22.6 Å². The summed E-state index contributed by atoms with van der Waals surface area (Å²) < 4.78 is 5.49. The third kappa shape index (κ3) is 4.18. The molecule has 0 atom stereocenters. The lowest BCUT2D eigenvalue weighted by Gasteiger charge is -2.30. The molecular formula is C23H30N2O3S. The number of likely N-dealkylation sites (tertiary alicyclic amines) is 1. The molecule has 156 valence electrons. The molecular weight excluding hydrogens is 384 g/mol. The lowest BCUT2D eigenvalue weighted by Crippen LogP contribution is -2.37. The average molecular weight is 415 g/mol. The van der Waals surface area contributed by atoms with E-state index in [2.05, 4.69) is 16.8 Å². The Morgan fingerprint density at radius 1 is 1.17 bits per heavy atom. The normalized spacial score (nSPS) is 20.6. The highest BCUT2D eigenvalue weighted by molar-refractivity contribution is 8.02. The number of hydrogen-bond acceptors (Lipinski definition) is 5. The summed E-state index contributed by atoms with van der Waals surface area (Å²) in [5.41, 5.74) is 2.07. The summed E-state index contributed by atoms with van der Waals surface area (Å²) in [4.78, 5) is 28.1. The number of imide groups is 1. The standard InChI is InChI=1S/C23H30N2O3S/c1-28-19-8-7-9-20-18(19)14-17(16-29-20)24-12-5-6-13-25-21(26)15-23(22(25)27)10-3-2-4-11-23/h7-9,16,24H,2-6,10-15H2,1H3. The number of carbonyl (C=O) groups is 2. The zero-order valence-corrected chi connectivity index (χ0v) is 18.0. The number of hydrogen-bond donors (Lipinski definition) is 1. The van der Waals surface area contributed by atoms with Crippen LogP contribution in [0, 0.1) is 5.41 Å². The van der Waals surface area contributed by atoms with Gasteiger partial charge in [-0.15, -0.1) is 0 Å². The fraction of sp³-hybridized carbons (Fsp3) is 0.565. The Balaban J connectivity index is 1.22. The van der Waals surface area contributed by atoms with Crippen LogP contribution in [0.5, 0.6) is 5.75 Å². The third-order valence-corrected chi connectivity index (χ3v) is 7.50. The van der Waals surface area contributed by atoms with E-state index in [-0.39, 0.29) is 17.2 Å². The maximum absolute atomic E-state index is 12.8. The zero-order chi connectivity index (χ0) is 20.3. The molecule has 1 aliphatic carbocycles. The smallest absolute Gasteiger partial charge is 0.235 e. The Bertz CT molecular complexity index is 814. The third-order valence-electron chi connectivity index (χ3n) is 6.47. The SMILES string of the molecule is COc1cccc2c1CC(NCCCCN1C(=O)CC3(CCCCC3)C1=O)=CS2. The molecule has 5 nitrogen and oxygen atoms in total. The molecule has 2 fully saturated rings. The number of nitrogens with zero attached hydrogens (tertiary/aromatic N) is 1. The number of allylic oxidation sites excluding steroid dienone is 1. The molecule has 2 aliphatic heterocycles. The van der Waals surface area contributed by atoms with E-state index in [9.17, 15) is 9.59 Å². The van der Waals surface area contributed by atoms with Crippen molar-refractivity contribution in [3.8, 4) is 5.75 Å². The van der Waals surface area contributed by atoms with Crippen LogP contribution in [0.3, 0.4) is 0 Å². The number of thioether (sulfide) groups is 1. The first-order valence-electron chi connectivity index (χ1n) is 10.7. The number of methoxy groups -OCH3 is 1. The summed E-state index contributed by atoms with van der Waals surface area (Å²) in [6.45, 7) is 1.41. The molecule has 0 radical (unpaired) electrons. The lowest BCUT2D eigenvalue weighted by molar-refractivity contribution is -0.142. The number of fused-ring (bicyclic) bond motifs is 1. The molecule has 2 amide bonds. The van der Waals surface area contributed by atoms with Crippen LogP contribution in [0.4, 0.5) is 0 Å². The summed E-state index contributed by atoms with van der Waals surface area (Å²) in [6.07, 6.45) is 8.22. The van der Waals surface area contributed by atoms with Gasteiger partial charge in [-0.25, -0.2) is 0 Å². The van der Waals surface area contributed by atoms with Crippen LogP contribution in [0.2, 0.25) is 0 Å². The zero-order valence-electron chi connectivity index (χ0n) is 17.2. The van der Waals surface area contributed by atoms with Gasteiger partial charge in [-0.05, 0) is 43.2 Å². The van der Waals surface area contributed by atoms with Gasteiger partial charge in [0.1, 0.15) is 5.75 Å². The summed E-state index contributed by atoms with van der Waals surface area (Å²) in [6, 6.07) is 6.15. The fourth-order valence-electron chi connectivity index (χ4n) is 4.84. The minimum atomic E-state index is -0.357. The Kier molecular flexibility index (Phi) is 6.18. The van der Waals surface area contributed by atoms with E-state index in [0.717, 1.165) is 57.2 Å². The lowest BCUT2D eigenvalue weighted by atomic mass is 9.73. The van der Waals surface area contributed by atoms with Crippen LogP contribution < -0.4 is 10.1 Å². The highest BCUT2D eigenvalue weighted by Gasteiger charge is 2.51. The van der Waals surface area contributed by atoms with Crippen molar-refractivity contribution in [1.29, 1.82) is 0 Å². The molecule has 1 N–H and O–H groups in total. The van der Waals surface area contributed by atoms with Crippen LogP contribution in [-0.2, 0) is 16.0 Å². The van der Waals surface area contributed by atoms with Crippen molar-refractivity contribution in [3.63, 3.8) is 0 Å². The van der Waals surface area contributed by atoms with E-state index in [1.807, 2.05) is 12.1 Å². The van der Waals surface area contributed by atoms with Crippen molar-refractivity contribution < 1.29 is 14.3 Å². The van der Waals surface area contributed by atoms with Crippen LogP contribution in [-0.4, -0.2) is 36.9 Å². The van der Waals surface area contributed by atoms with Gasteiger partial charge in [0.25, 0.3) is 0 Å². The molecule has 6 heteroatoms. The highest BCUT2D eigenvalue weighted by atomic mass is 32.2. The number of nitrogens with one attached hydrogen (secondary N) is 1. The van der Waals surface area contributed by atoms with Crippen LogP contribution in [0.15, 0.2) is 34.2 Å². The Hall–Kier alpha value is -1.95. The number of rotatable bonds is 7. The van der Waals surface area contributed by atoms with Crippen molar-refractivity contribution >= 4 is 23.6 Å². The van der Waals surface area contributed by atoms with Gasteiger partial charge in [-0.2, -0.15) is 0 Å². The molecule has 1 saturated heterocycles. The minimum Gasteiger partial charge on any atom is -0.496 e. The van der Waals surface area contributed by atoms with Gasteiger partial charge in [-0.1, -0.05) is 37.1 Å². The molecule has 1 aromatic carbocycles. The van der Waals surface area contributed by atoms with E-state index in [1.54, 1.807) is 23.8 Å². The van der Waals surface area contributed by atoms with Crippen molar-refractivity contribution in [2.45, 2.75) is 62.7 Å². The maximum Gasteiger partial charge on any atom is 0.235 e. The van der Waals surface area contributed by atoms with Gasteiger partial charge in [0.05, 0.1) is 12.5 Å². The average Bonchev–Trinajstić information content (AvgIpc) is 2.97. The maximum atomic E-state index is 12.8. The first-order valence-corrected chi connectivity index (χ1v) is 11.6. The molecule has 0 bridgehead atoms. The second-order valence-corrected chi connectivity index (χ2v) is 9.29. The van der Waals surface area contributed by atoms with Gasteiger partial charge in [0.15, 0.2) is 0 Å². The van der Waals surface area contributed by atoms with Gasteiger partial charge in [0.2, 0.25) is 11.8 Å². The number of amides is 2. The first kappa shape index (κ1) is 20.3. The molecule has 1 spiro atoms. The van der Waals surface area contributed by atoms with E-state index >= 15 is 0 Å². The number of carbonyl (C=O) groups excluding carboxylic acids is 2. The van der Waals surface area contributed by atoms with Crippen molar-refractivity contribution in [2.75, 3.05) is 20.2 Å². The summed E-state index contributed by atoms with van der Waals surface area (Å²) in [5, 5.41) is 5.68. The molecule has 3 aliphatic rings. The fourth-order valence-corrected chi connectivity index (χ4v) is 5.75. The van der Waals surface area contributed by atoms with Crippen LogP contribution in [0.1, 0.15) is 56.9 Å². The second kappa shape index (κ2) is 8.82. The predicted octanol–water partition coefficient (Wildman–Crippen LogP) is 4.26. The molecule has 0 aromatic heterocycles. The van der Waals surface area contributed by atoms with Crippen molar-refractivity contribution in [3.05, 3.63) is 34.9 Å². The molecule has 1 saturated carbocycles. The van der Waals surface area contributed by atoms with E-state index < -0.39 is 0 Å². The number of ether oxygens (including phenoxy) is 1. The quantitative estimate of drug-likeness (QED) is 0.534. The van der Waals surface area contributed by atoms with Gasteiger partial charge < -0.3 is 10.1 Å². The van der Waals surface area contributed by atoms with Crippen LogP contribution >= 0.6 is 11.8 Å². The monoisotopic (exact) mass is 414 g/mol. The van der Waals surface area contributed by atoms with Gasteiger partial charge in [-0.3, -0.25) is 14.5 Å². The van der Waals surface area contributed by atoms with Crippen molar-refractivity contribution in [1.82, 2.24) is 10.2 Å². The summed E-state index contributed by atoms with van der Waals surface area (Å²) in [7, 11) is 1.71. The van der Waals surface area contributed by atoms with Gasteiger partial charge >= 0.3 is 0 Å². The van der Waals surface area contributed by atoms with E-state index in [4.69, 9.17) is 4.74 Å². The van der Waals surface area contributed by atoms with Gasteiger partial charge in [0, 0.05) is 42.1 Å². The predicted molar refractivity (Wildman–Crippen MR) is 115 cm³/mol. The Labute approximate surface area is 177 Å². The highest BCUT2D eigenvalue weighted by Crippen LogP contribution is 2.45. The molecule has 2 heterocycles. The van der Waals surface area contributed by atoms with Crippen LogP contribution in [0.25, 0.3) is 0 Å². The molecule has 0 unspecified atom stereocenters. The number of benzene rings is 1. The Morgan fingerprint density at radius 3 is 2.79 bits per heavy atom. The molecule has 29 heavy (non-hydrogen) atoms. The second-order valence-electron chi connectivity index (χ2n) is 8.38. The molecule has 4 rings (SSSR count). The number of unbranched alkanes of at least 4 members (excludes halogenated alkanes) is 1. The minimum absolute atomic E-state index is 0.0416. The van der Waals surface area contributed by atoms with Crippen molar-refractivity contribution in [2.24, 2.45) is 5.41 Å². The summed E-state index contributed by atoms with van der Waals surface area (Å²) >= 11 is 1.72. The molecule has 1 aromatic rings. The topological polar surface area (TPSA) is 58.6 Å².